The highest BCUT2D eigenvalue weighted by atomic mass is 79.9. The van der Waals surface area contributed by atoms with Crippen LogP contribution in [-0.2, 0) is 0 Å². The number of hydrogen-bond donors (Lipinski definition) is 1. The van der Waals surface area contributed by atoms with Gasteiger partial charge in [0.15, 0.2) is 0 Å². The van der Waals surface area contributed by atoms with E-state index < -0.39 is 0 Å². The van der Waals surface area contributed by atoms with Gasteiger partial charge in [0.2, 0.25) is 0 Å². The van der Waals surface area contributed by atoms with Gasteiger partial charge in [-0.25, -0.2) is 4.98 Å². The summed E-state index contributed by atoms with van der Waals surface area (Å²) >= 11 is 9.62. The van der Waals surface area contributed by atoms with Gasteiger partial charge >= 0.3 is 0 Å². The molecule has 4 heteroatoms. The van der Waals surface area contributed by atoms with E-state index in [2.05, 4.69) is 40.1 Å². The summed E-state index contributed by atoms with van der Waals surface area (Å²) < 4.78 is 1.03. The van der Waals surface area contributed by atoms with E-state index in [-0.39, 0.29) is 5.38 Å². The van der Waals surface area contributed by atoms with Crippen molar-refractivity contribution < 1.29 is 0 Å². The Morgan fingerprint density at radius 3 is 2.69 bits per heavy atom. The smallest absolute Gasteiger partial charge is 0.126 e. The van der Waals surface area contributed by atoms with Crippen molar-refractivity contribution in [3.05, 3.63) is 22.3 Å². The van der Waals surface area contributed by atoms with E-state index in [0.29, 0.717) is 5.92 Å². The molecular weight excluding hydrogens is 288 g/mol. The van der Waals surface area contributed by atoms with Crippen molar-refractivity contribution in [2.75, 3.05) is 11.9 Å². The molecule has 90 valence electrons. The van der Waals surface area contributed by atoms with Crippen molar-refractivity contribution in [1.82, 2.24) is 4.98 Å². The Morgan fingerprint density at radius 1 is 1.44 bits per heavy atom. The number of anilines is 1. The summed E-state index contributed by atoms with van der Waals surface area (Å²) in [6, 6.07) is 3.95. The van der Waals surface area contributed by atoms with Gasteiger partial charge in [0.1, 0.15) is 5.82 Å². The first-order valence-corrected chi connectivity index (χ1v) is 6.73. The Morgan fingerprint density at radius 2 is 2.12 bits per heavy atom. The van der Waals surface area contributed by atoms with Crippen LogP contribution in [0.5, 0.6) is 0 Å². The minimum absolute atomic E-state index is 0.158. The second-order valence-electron chi connectivity index (χ2n) is 4.37. The summed E-state index contributed by atoms with van der Waals surface area (Å²) in [5.41, 5.74) is 0.986. The first kappa shape index (κ1) is 13.8. The molecule has 0 radical (unpaired) electrons. The fourth-order valence-electron chi connectivity index (χ4n) is 1.45. The molecule has 0 aliphatic heterocycles. The standard InChI is InChI=1S/C12H18BrClN2/c1-8(2)6-10(14)7-15-12-5-4-11(13)9(3)16-12/h4-5,8,10H,6-7H2,1-3H3,(H,15,16). The lowest BCUT2D eigenvalue weighted by Crippen LogP contribution is -2.16. The predicted octanol–water partition coefficient (Wildman–Crippen LogP) is 4.22. The molecule has 1 unspecified atom stereocenters. The number of alkyl halides is 1. The zero-order valence-electron chi connectivity index (χ0n) is 9.93. The summed E-state index contributed by atoms with van der Waals surface area (Å²) in [5.74, 6) is 1.51. The molecule has 1 heterocycles. The number of pyridine rings is 1. The van der Waals surface area contributed by atoms with Gasteiger partial charge in [-0.3, -0.25) is 0 Å². The number of aryl methyl sites for hydroxylation is 1. The lowest BCUT2D eigenvalue weighted by atomic mass is 10.1. The van der Waals surface area contributed by atoms with Gasteiger partial charge in [0.25, 0.3) is 0 Å². The minimum atomic E-state index is 0.158. The maximum Gasteiger partial charge on any atom is 0.126 e. The second-order valence-corrected chi connectivity index (χ2v) is 5.84. The van der Waals surface area contributed by atoms with Gasteiger partial charge in [0.05, 0.1) is 11.1 Å². The van der Waals surface area contributed by atoms with Crippen LogP contribution >= 0.6 is 27.5 Å². The van der Waals surface area contributed by atoms with Crippen molar-refractivity contribution in [2.45, 2.75) is 32.6 Å². The first-order chi connectivity index (χ1) is 7.49. The molecule has 1 atom stereocenters. The number of aromatic nitrogens is 1. The normalized spacial score (nSPS) is 12.9. The van der Waals surface area contributed by atoms with Crippen molar-refractivity contribution in [1.29, 1.82) is 0 Å². The van der Waals surface area contributed by atoms with Crippen LogP contribution in [0.25, 0.3) is 0 Å². The van der Waals surface area contributed by atoms with Crippen LogP contribution in [0.1, 0.15) is 26.0 Å². The fourth-order valence-corrected chi connectivity index (χ4v) is 2.11. The maximum absolute atomic E-state index is 6.20. The molecular formula is C12H18BrClN2. The SMILES string of the molecule is Cc1nc(NCC(Cl)CC(C)C)ccc1Br. The molecule has 1 N–H and O–H groups in total. The van der Waals surface area contributed by atoms with Gasteiger partial charge in [-0.2, -0.15) is 0 Å². The van der Waals surface area contributed by atoms with Crippen LogP contribution in [-0.4, -0.2) is 16.9 Å². The third-order valence-corrected chi connectivity index (χ3v) is 3.42. The van der Waals surface area contributed by atoms with Crippen molar-refractivity contribution in [3.8, 4) is 0 Å². The summed E-state index contributed by atoms with van der Waals surface area (Å²) in [4.78, 5) is 4.41. The van der Waals surface area contributed by atoms with E-state index in [9.17, 15) is 0 Å². The Labute approximate surface area is 111 Å². The number of nitrogens with one attached hydrogen (secondary N) is 1. The van der Waals surface area contributed by atoms with Gasteiger partial charge in [-0.05, 0) is 47.3 Å². The fraction of sp³-hybridized carbons (Fsp3) is 0.583. The molecule has 0 bridgehead atoms. The minimum Gasteiger partial charge on any atom is -0.369 e. The molecule has 1 aromatic heterocycles. The number of rotatable bonds is 5. The van der Waals surface area contributed by atoms with Gasteiger partial charge < -0.3 is 5.32 Å². The highest BCUT2D eigenvalue weighted by Crippen LogP contribution is 2.17. The van der Waals surface area contributed by atoms with Crippen molar-refractivity contribution in [3.63, 3.8) is 0 Å². The van der Waals surface area contributed by atoms with Crippen LogP contribution in [0.4, 0.5) is 5.82 Å². The molecule has 0 aromatic carbocycles. The molecule has 1 aromatic rings. The monoisotopic (exact) mass is 304 g/mol. The summed E-state index contributed by atoms with van der Waals surface area (Å²) in [7, 11) is 0. The number of nitrogens with zero attached hydrogens (tertiary/aromatic N) is 1. The molecule has 0 saturated carbocycles. The Hall–Kier alpha value is -0.280. The van der Waals surface area contributed by atoms with Crippen molar-refractivity contribution >= 4 is 33.3 Å². The molecule has 16 heavy (non-hydrogen) atoms. The Balaban J connectivity index is 2.45. The molecule has 0 saturated heterocycles. The van der Waals surface area contributed by atoms with Crippen LogP contribution in [0.15, 0.2) is 16.6 Å². The largest absolute Gasteiger partial charge is 0.369 e. The lowest BCUT2D eigenvalue weighted by Gasteiger charge is -2.13. The molecule has 0 fully saturated rings. The zero-order chi connectivity index (χ0) is 12.1. The highest BCUT2D eigenvalue weighted by Gasteiger charge is 2.07. The third-order valence-electron chi connectivity index (χ3n) is 2.25. The third kappa shape index (κ3) is 4.71. The molecule has 0 aliphatic rings. The van der Waals surface area contributed by atoms with Crippen LogP contribution in [0.2, 0.25) is 0 Å². The van der Waals surface area contributed by atoms with Crippen LogP contribution < -0.4 is 5.32 Å². The van der Waals surface area contributed by atoms with E-state index in [1.807, 2.05) is 19.1 Å². The van der Waals surface area contributed by atoms with E-state index in [0.717, 1.165) is 29.0 Å². The van der Waals surface area contributed by atoms with Gasteiger partial charge in [-0.15, -0.1) is 11.6 Å². The Bertz CT molecular complexity index is 342. The molecule has 2 nitrogen and oxygen atoms in total. The maximum atomic E-state index is 6.20. The molecule has 1 rings (SSSR count). The van der Waals surface area contributed by atoms with Crippen LogP contribution in [0.3, 0.4) is 0 Å². The molecule has 0 amide bonds. The number of hydrogen-bond acceptors (Lipinski definition) is 2. The van der Waals surface area contributed by atoms with E-state index in [4.69, 9.17) is 11.6 Å². The quantitative estimate of drug-likeness (QED) is 0.824. The molecule has 0 spiro atoms. The lowest BCUT2D eigenvalue weighted by molar-refractivity contribution is 0.572. The van der Waals surface area contributed by atoms with E-state index in [1.54, 1.807) is 0 Å². The highest BCUT2D eigenvalue weighted by molar-refractivity contribution is 9.10. The van der Waals surface area contributed by atoms with Crippen LogP contribution in [0, 0.1) is 12.8 Å². The van der Waals surface area contributed by atoms with Crippen molar-refractivity contribution in [2.24, 2.45) is 5.92 Å². The second kappa shape index (κ2) is 6.45. The Kier molecular flexibility index (Phi) is 5.56. The first-order valence-electron chi connectivity index (χ1n) is 5.50. The van der Waals surface area contributed by atoms with E-state index in [1.165, 1.54) is 0 Å². The topological polar surface area (TPSA) is 24.9 Å². The predicted molar refractivity (Wildman–Crippen MR) is 74.3 cm³/mol. The van der Waals surface area contributed by atoms with Gasteiger partial charge in [-0.1, -0.05) is 13.8 Å². The summed E-state index contributed by atoms with van der Waals surface area (Å²) in [6.07, 6.45) is 1.02. The molecule has 0 aliphatic carbocycles. The average molecular weight is 306 g/mol. The van der Waals surface area contributed by atoms with Gasteiger partial charge in [0, 0.05) is 11.0 Å². The zero-order valence-corrected chi connectivity index (χ0v) is 12.3. The summed E-state index contributed by atoms with van der Waals surface area (Å²) in [5, 5.41) is 3.41. The average Bonchev–Trinajstić information content (AvgIpc) is 2.19. The summed E-state index contributed by atoms with van der Waals surface area (Å²) in [6.45, 7) is 7.09. The van der Waals surface area contributed by atoms with E-state index >= 15 is 0 Å². The number of halogens is 2.